The lowest BCUT2D eigenvalue weighted by molar-refractivity contribution is 0.0520. The molecule has 150 valence electrons. The summed E-state index contributed by atoms with van der Waals surface area (Å²) in [7, 11) is 0. The van der Waals surface area contributed by atoms with Gasteiger partial charge in [-0.15, -0.1) is 11.3 Å². The summed E-state index contributed by atoms with van der Waals surface area (Å²) in [5.41, 5.74) is 0.940. The van der Waals surface area contributed by atoms with Crippen LogP contribution in [0.4, 0.5) is 0 Å². The fraction of sp³-hybridized carbons (Fsp3) is 0.476. The zero-order valence-electron chi connectivity index (χ0n) is 16.3. The summed E-state index contributed by atoms with van der Waals surface area (Å²) in [5.74, 6) is 0.338. The van der Waals surface area contributed by atoms with Crippen molar-refractivity contribution in [3.05, 3.63) is 45.9 Å². The molecular weight excluding hydrogens is 376 g/mol. The number of esters is 1. The van der Waals surface area contributed by atoms with Crippen molar-refractivity contribution in [2.45, 2.75) is 52.1 Å². The highest BCUT2D eigenvalue weighted by Crippen LogP contribution is 2.30. The smallest absolute Gasteiger partial charge is 0.357 e. The van der Waals surface area contributed by atoms with Crippen LogP contribution in [0.2, 0.25) is 0 Å². The van der Waals surface area contributed by atoms with Gasteiger partial charge in [0.15, 0.2) is 5.69 Å². The average molecular weight is 403 g/mol. The molecule has 0 bridgehead atoms. The lowest BCUT2D eigenvalue weighted by Crippen LogP contribution is -2.32. The minimum Gasteiger partial charge on any atom is -0.494 e. The van der Waals surface area contributed by atoms with E-state index in [2.05, 4.69) is 11.9 Å². The minimum absolute atomic E-state index is 0.0181. The van der Waals surface area contributed by atoms with Crippen LogP contribution in [0, 0.1) is 0 Å². The number of hydrogen-bond donors (Lipinski definition) is 0. The molecule has 0 spiro atoms. The maximum Gasteiger partial charge on any atom is 0.357 e. The summed E-state index contributed by atoms with van der Waals surface area (Å²) in [6.07, 6.45) is 4.10. The third-order valence-corrected chi connectivity index (χ3v) is 5.29. The monoisotopic (exact) mass is 402 g/mol. The van der Waals surface area contributed by atoms with Crippen LogP contribution in [0.1, 0.15) is 65.4 Å². The molecule has 1 heterocycles. The summed E-state index contributed by atoms with van der Waals surface area (Å²) in [5, 5.41) is 2.42. The molecular formula is C21H26N2O4S. The molecule has 1 amide bonds. The van der Waals surface area contributed by atoms with Gasteiger partial charge in [-0.1, -0.05) is 13.3 Å². The summed E-state index contributed by atoms with van der Waals surface area (Å²) < 4.78 is 10.6. The van der Waals surface area contributed by atoms with E-state index in [1.54, 1.807) is 12.3 Å². The summed E-state index contributed by atoms with van der Waals surface area (Å²) in [6, 6.07) is 7.55. The minimum atomic E-state index is -0.423. The van der Waals surface area contributed by atoms with Gasteiger partial charge in [-0.25, -0.2) is 9.78 Å². The molecule has 2 aromatic rings. The Balaban J connectivity index is 1.65. The molecule has 6 nitrogen and oxygen atoms in total. The second-order valence-corrected chi connectivity index (χ2v) is 7.68. The number of ether oxygens (including phenoxy) is 2. The van der Waals surface area contributed by atoms with Crippen LogP contribution in [0.25, 0.3) is 0 Å². The number of rotatable bonds is 10. The normalized spacial score (nSPS) is 13.2. The Hall–Kier alpha value is -2.41. The lowest BCUT2D eigenvalue weighted by Gasteiger charge is -2.21. The van der Waals surface area contributed by atoms with Gasteiger partial charge in [-0.2, -0.15) is 0 Å². The van der Waals surface area contributed by atoms with Gasteiger partial charge in [-0.05, 0) is 50.5 Å². The number of aromatic nitrogens is 1. The zero-order chi connectivity index (χ0) is 19.9. The maximum atomic E-state index is 13.0. The molecule has 1 fully saturated rings. The number of benzene rings is 1. The molecule has 1 aliphatic carbocycles. The number of carbonyl (C=O) groups is 2. The van der Waals surface area contributed by atoms with Gasteiger partial charge in [-0.3, -0.25) is 4.79 Å². The predicted octanol–water partition coefficient (Wildman–Crippen LogP) is 4.30. The molecule has 0 unspecified atom stereocenters. The number of carbonyl (C=O) groups excluding carboxylic acids is 2. The third kappa shape index (κ3) is 5.32. The summed E-state index contributed by atoms with van der Waals surface area (Å²) in [4.78, 5) is 31.0. The summed E-state index contributed by atoms with van der Waals surface area (Å²) >= 11 is 1.38. The van der Waals surface area contributed by atoms with Gasteiger partial charge in [0, 0.05) is 17.0 Å². The Morgan fingerprint density at radius 3 is 2.61 bits per heavy atom. The van der Waals surface area contributed by atoms with Crippen LogP contribution in [0.3, 0.4) is 0 Å². The van der Waals surface area contributed by atoms with Crippen molar-refractivity contribution >= 4 is 23.2 Å². The molecule has 0 N–H and O–H groups in total. The third-order valence-electron chi connectivity index (χ3n) is 4.46. The highest BCUT2D eigenvalue weighted by Gasteiger charge is 2.33. The second-order valence-electron chi connectivity index (χ2n) is 6.74. The number of thiazole rings is 1. The van der Waals surface area contributed by atoms with Crippen molar-refractivity contribution < 1.29 is 19.1 Å². The predicted molar refractivity (Wildman–Crippen MR) is 108 cm³/mol. The molecule has 3 rings (SSSR count). The van der Waals surface area contributed by atoms with Gasteiger partial charge in [0.05, 0.1) is 19.8 Å². The van der Waals surface area contributed by atoms with E-state index in [0.717, 1.165) is 36.4 Å². The fourth-order valence-corrected chi connectivity index (χ4v) is 3.54. The highest BCUT2D eigenvalue weighted by molar-refractivity contribution is 7.09. The topological polar surface area (TPSA) is 68.7 Å². The van der Waals surface area contributed by atoms with E-state index >= 15 is 0 Å². The van der Waals surface area contributed by atoms with Crippen LogP contribution in [0.5, 0.6) is 5.75 Å². The van der Waals surface area contributed by atoms with E-state index in [4.69, 9.17) is 9.47 Å². The second kappa shape index (κ2) is 9.68. The molecule has 1 saturated carbocycles. The average Bonchev–Trinajstić information content (AvgIpc) is 3.44. The molecule has 28 heavy (non-hydrogen) atoms. The first-order valence-corrected chi connectivity index (χ1v) is 10.7. The number of nitrogens with zero attached hydrogens (tertiary/aromatic N) is 2. The van der Waals surface area contributed by atoms with Crippen molar-refractivity contribution in [1.82, 2.24) is 9.88 Å². The van der Waals surface area contributed by atoms with Crippen molar-refractivity contribution in [2.75, 3.05) is 13.2 Å². The molecule has 0 radical (unpaired) electrons. The quantitative estimate of drug-likeness (QED) is 0.438. The standard InChI is InChI=1S/C21H26N2O4S/c1-3-5-12-27-17-10-6-15(7-11-17)20(24)23(16-8-9-16)13-19-22-18(14-28-19)21(25)26-4-2/h6-7,10-11,14,16H,3-5,8-9,12-13H2,1-2H3. The highest BCUT2D eigenvalue weighted by atomic mass is 32.1. The van der Waals surface area contributed by atoms with Gasteiger partial charge >= 0.3 is 5.97 Å². The van der Waals surface area contributed by atoms with Crippen LogP contribution >= 0.6 is 11.3 Å². The molecule has 1 aromatic carbocycles. The van der Waals surface area contributed by atoms with Gasteiger partial charge < -0.3 is 14.4 Å². The van der Waals surface area contributed by atoms with Crippen LogP contribution < -0.4 is 4.74 Å². The Kier molecular flexibility index (Phi) is 7.03. The van der Waals surface area contributed by atoms with E-state index in [-0.39, 0.29) is 11.9 Å². The molecule has 1 aliphatic rings. The van der Waals surface area contributed by atoms with E-state index < -0.39 is 5.97 Å². The molecule has 0 saturated heterocycles. The molecule has 0 aliphatic heterocycles. The Morgan fingerprint density at radius 1 is 1.21 bits per heavy atom. The van der Waals surface area contributed by atoms with Crippen LogP contribution in [-0.2, 0) is 11.3 Å². The Morgan fingerprint density at radius 2 is 1.96 bits per heavy atom. The van der Waals surface area contributed by atoms with Crippen molar-refractivity contribution in [1.29, 1.82) is 0 Å². The number of amides is 1. The Bertz CT molecular complexity index is 799. The zero-order valence-corrected chi connectivity index (χ0v) is 17.2. The van der Waals surface area contributed by atoms with Gasteiger partial charge in [0.2, 0.25) is 0 Å². The van der Waals surface area contributed by atoms with E-state index in [9.17, 15) is 9.59 Å². The first-order valence-electron chi connectivity index (χ1n) is 9.77. The Labute approximate surface area is 169 Å². The van der Waals surface area contributed by atoms with E-state index in [1.165, 1.54) is 11.3 Å². The van der Waals surface area contributed by atoms with Gasteiger partial charge in [0.1, 0.15) is 10.8 Å². The SMILES string of the molecule is CCCCOc1ccc(C(=O)N(Cc2nc(C(=O)OCC)cs2)C2CC2)cc1. The largest absolute Gasteiger partial charge is 0.494 e. The van der Waals surface area contributed by atoms with Crippen LogP contribution in [0.15, 0.2) is 29.6 Å². The molecule has 1 aromatic heterocycles. The molecule has 0 atom stereocenters. The van der Waals surface area contributed by atoms with Crippen molar-refractivity contribution in [3.8, 4) is 5.75 Å². The first kappa shape index (κ1) is 20.3. The number of hydrogen-bond acceptors (Lipinski definition) is 6. The van der Waals surface area contributed by atoms with Gasteiger partial charge in [0.25, 0.3) is 5.91 Å². The number of unbranched alkanes of at least 4 members (excludes halogenated alkanes) is 1. The summed E-state index contributed by atoms with van der Waals surface area (Å²) in [6.45, 7) is 5.29. The molecule has 7 heteroatoms. The maximum absolute atomic E-state index is 13.0. The first-order chi connectivity index (χ1) is 13.6. The lowest BCUT2D eigenvalue weighted by atomic mass is 10.2. The van der Waals surface area contributed by atoms with Crippen molar-refractivity contribution in [3.63, 3.8) is 0 Å². The van der Waals surface area contributed by atoms with E-state index in [1.807, 2.05) is 29.2 Å². The fourth-order valence-electron chi connectivity index (χ4n) is 2.77. The van der Waals surface area contributed by atoms with Crippen LogP contribution in [-0.4, -0.2) is 41.0 Å². The van der Waals surface area contributed by atoms with E-state index in [0.29, 0.717) is 31.0 Å². The van der Waals surface area contributed by atoms with Crippen molar-refractivity contribution in [2.24, 2.45) is 0 Å².